The lowest BCUT2D eigenvalue weighted by atomic mass is 9.95. The van der Waals surface area contributed by atoms with Crippen molar-refractivity contribution in [2.75, 3.05) is 7.11 Å². The third-order valence-corrected chi connectivity index (χ3v) is 6.80. The molecule has 0 unspecified atom stereocenters. The van der Waals surface area contributed by atoms with Gasteiger partial charge in [0.05, 0.1) is 18.2 Å². The van der Waals surface area contributed by atoms with Gasteiger partial charge in [-0.05, 0) is 42.5 Å². The number of fused-ring (bicyclic) bond motifs is 2. The van der Waals surface area contributed by atoms with E-state index in [0.717, 1.165) is 12.1 Å². The predicted molar refractivity (Wildman–Crippen MR) is 151 cm³/mol. The Labute approximate surface area is 234 Å². The van der Waals surface area contributed by atoms with Gasteiger partial charge in [0.25, 0.3) is 0 Å². The summed E-state index contributed by atoms with van der Waals surface area (Å²) in [6.45, 7) is 0. The molecule has 11 nitrogen and oxygen atoms in total. The van der Waals surface area contributed by atoms with Crippen LogP contribution >= 0.6 is 0 Å². The molecule has 0 radical (unpaired) electrons. The maximum atomic E-state index is 14.0. The zero-order valence-electron chi connectivity index (χ0n) is 21.6. The second kappa shape index (κ2) is 9.52. The van der Waals surface area contributed by atoms with Crippen molar-refractivity contribution in [2.45, 2.75) is 0 Å². The number of ether oxygens (including phenoxy) is 1. The summed E-state index contributed by atoms with van der Waals surface area (Å²) in [5.41, 5.74) is -2.25. The molecule has 2 aromatic heterocycles. The number of rotatable bonds is 4. The molecule has 0 aliphatic heterocycles. The number of phenols is 6. The van der Waals surface area contributed by atoms with Gasteiger partial charge in [-0.3, -0.25) is 9.59 Å². The third-order valence-electron chi connectivity index (χ3n) is 6.80. The number of hydrogen-bond acceptors (Lipinski definition) is 11. The van der Waals surface area contributed by atoms with Crippen LogP contribution in [0.25, 0.3) is 55.7 Å². The van der Waals surface area contributed by atoms with Crippen LogP contribution < -0.4 is 15.6 Å². The highest BCUT2D eigenvalue weighted by atomic mass is 16.5. The lowest BCUT2D eigenvalue weighted by Crippen LogP contribution is -2.09. The van der Waals surface area contributed by atoms with E-state index >= 15 is 0 Å². The van der Waals surface area contributed by atoms with Crippen LogP contribution in [0.15, 0.2) is 85.2 Å². The second-order valence-electron chi connectivity index (χ2n) is 9.37. The largest absolute Gasteiger partial charge is 0.508 e. The van der Waals surface area contributed by atoms with Gasteiger partial charge in [0.2, 0.25) is 5.43 Å². The van der Waals surface area contributed by atoms with Crippen molar-refractivity contribution < 1.29 is 44.2 Å². The minimum absolute atomic E-state index is 0.0387. The van der Waals surface area contributed by atoms with Gasteiger partial charge in [-0.15, -0.1) is 0 Å². The Balaban J connectivity index is 1.68. The van der Waals surface area contributed by atoms with Crippen molar-refractivity contribution >= 4 is 21.9 Å². The fraction of sp³-hybridized carbons (Fsp3) is 0.0323. The molecule has 0 bridgehead atoms. The first-order valence-electron chi connectivity index (χ1n) is 12.3. The molecule has 6 aromatic rings. The summed E-state index contributed by atoms with van der Waals surface area (Å²) in [6, 6.07) is 13.9. The van der Waals surface area contributed by atoms with Gasteiger partial charge in [-0.2, -0.15) is 0 Å². The number of aromatic hydroxyl groups is 6. The van der Waals surface area contributed by atoms with Gasteiger partial charge >= 0.3 is 0 Å². The molecule has 210 valence electrons. The summed E-state index contributed by atoms with van der Waals surface area (Å²) in [5, 5.41) is 61.8. The average molecular weight is 568 g/mol. The van der Waals surface area contributed by atoms with Gasteiger partial charge in [0.1, 0.15) is 62.2 Å². The normalized spacial score (nSPS) is 11.3. The number of phenolic OH excluding ortho intramolecular Hbond substituents is 6. The lowest BCUT2D eigenvalue weighted by molar-refractivity contribution is 0.404. The molecule has 0 spiro atoms. The standard InChI is InChI=1S/C31H20O11/c1-40-16-9-19(35)25-23(10-16)42-31(13-2-5-15(32)6-3-13)28(30(25)39)27-21(37)12-24-26(29(27)38)20(36)11-22(41-24)14-4-7-17(33)18(34)8-14/h2-12,32-35,37-38H,1H3. The monoisotopic (exact) mass is 568 g/mol. The van der Waals surface area contributed by atoms with Crippen molar-refractivity contribution in [3.05, 3.63) is 87.2 Å². The van der Waals surface area contributed by atoms with Gasteiger partial charge in [0.15, 0.2) is 16.9 Å². The Morgan fingerprint density at radius 1 is 0.619 bits per heavy atom. The smallest absolute Gasteiger partial charge is 0.205 e. The van der Waals surface area contributed by atoms with Crippen LogP contribution in [-0.4, -0.2) is 37.7 Å². The molecule has 0 saturated heterocycles. The topological polar surface area (TPSA) is 191 Å². The van der Waals surface area contributed by atoms with E-state index < -0.39 is 39.4 Å². The fourth-order valence-electron chi connectivity index (χ4n) is 4.79. The molecular weight excluding hydrogens is 548 g/mol. The summed E-state index contributed by atoms with van der Waals surface area (Å²) in [5.74, 6) is -2.85. The molecule has 0 amide bonds. The summed E-state index contributed by atoms with van der Waals surface area (Å²) >= 11 is 0. The van der Waals surface area contributed by atoms with E-state index in [2.05, 4.69) is 0 Å². The highest BCUT2D eigenvalue weighted by molar-refractivity contribution is 6.01. The molecule has 0 saturated carbocycles. The van der Waals surface area contributed by atoms with Crippen molar-refractivity contribution in [1.82, 2.24) is 0 Å². The van der Waals surface area contributed by atoms with Gasteiger partial charge in [-0.1, -0.05) is 0 Å². The molecule has 42 heavy (non-hydrogen) atoms. The van der Waals surface area contributed by atoms with Crippen LogP contribution in [0.4, 0.5) is 0 Å². The van der Waals surface area contributed by atoms with Crippen LogP contribution in [0.2, 0.25) is 0 Å². The van der Waals surface area contributed by atoms with E-state index in [4.69, 9.17) is 13.6 Å². The number of methoxy groups -OCH3 is 1. The van der Waals surface area contributed by atoms with Crippen LogP contribution in [0.3, 0.4) is 0 Å². The Morgan fingerprint density at radius 3 is 2.00 bits per heavy atom. The van der Waals surface area contributed by atoms with E-state index in [1.807, 2.05) is 0 Å². The minimum Gasteiger partial charge on any atom is -0.508 e. The van der Waals surface area contributed by atoms with Crippen molar-refractivity contribution in [2.24, 2.45) is 0 Å². The first-order chi connectivity index (χ1) is 20.1. The second-order valence-corrected chi connectivity index (χ2v) is 9.37. The van der Waals surface area contributed by atoms with E-state index in [9.17, 15) is 40.2 Å². The third kappa shape index (κ3) is 4.07. The van der Waals surface area contributed by atoms with Gasteiger partial charge in [0, 0.05) is 35.4 Å². The van der Waals surface area contributed by atoms with Crippen molar-refractivity contribution in [1.29, 1.82) is 0 Å². The summed E-state index contributed by atoms with van der Waals surface area (Å²) < 4.78 is 17.0. The first kappa shape index (κ1) is 26.1. The number of benzene rings is 4. The fourth-order valence-corrected chi connectivity index (χ4v) is 4.79. The van der Waals surface area contributed by atoms with Crippen LogP contribution in [0, 0.1) is 0 Å². The summed E-state index contributed by atoms with van der Waals surface area (Å²) in [6.07, 6.45) is 0. The Morgan fingerprint density at radius 2 is 1.31 bits per heavy atom. The first-order valence-corrected chi connectivity index (χ1v) is 12.3. The molecule has 0 fully saturated rings. The van der Waals surface area contributed by atoms with E-state index in [1.54, 1.807) is 0 Å². The van der Waals surface area contributed by atoms with Gasteiger partial charge in [-0.25, -0.2) is 0 Å². The van der Waals surface area contributed by atoms with Crippen LogP contribution in [0.5, 0.6) is 40.2 Å². The maximum absolute atomic E-state index is 14.0. The quantitative estimate of drug-likeness (QED) is 0.154. The zero-order valence-corrected chi connectivity index (χ0v) is 21.6. The Bertz CT molecular complexity index is 2170. The van der Waals surface area contributed by atoms with Crippen LogP contribution in [-0.2, 0) is 0 Å². The average Bonchev–Trinajstić information content (AvgIpc) is 2.95. The zero-order chi connectivity index (χ0) is 29.9. The highest BCUT2D eigenvalue weighted by Crippen LogP contribution is 2.46. The molecule has 4 aromatic carbocycles. The highest BCUT2D eigenvalue weighted by Gasteiger charge is 2.28. The molecule has 2 heterocycles. The van der Waals surface area contributed by atoms with Crippen LogP contribution in [0.1, 0.15) is 0 Å². The maximum Gasteiger partial charge on any atom is 0.205 e. The molecule has 6 N–H and O–H groups in total. The molecule has 0 aliphatic carbocycles. The van der Waals surface area contributed by atoms with E-state index in [1.165, 1.54) is 61.7 Å². The predicted octanol–water partition coefficient (Wildman–Crippen LogP) is 5.14. The Kier molecular flexibility index (Phi) is 5.93. The molecule has 0 atom stereocenters. The van der Waals surface area contributed by atoms with Gasteiger partial charge < -0.3 is 44.2 Å². The lowest BCUT2D eigenvalue weighted by Gasteiger charge is -2.15. The summed E-state index contributed by atoms with van der Waals surface area (Å²) in [4.78, 5) is 27.2. The Hall–Kier alpha value is -6.10. The van der Waals surface area contributed by atoms with Crippen molar-refractivity contribution in [3.8, 4) is 74.0 Å². The van der Waals surface area contributed by atoms with E-state index in [-0.39, 0.29) is 67.4 Å². The minimum atomic E-state index is -0.843. The SMILES string of the molecule is COc1cc(O)c2c(=O)c(-c3c(O)cc4oc(-c5ccc(O)c(O)c5)cc(=O)c4c3O)c(-c3ccc(O)cc3)oc2c1. The van der Waals surface area contributed by atoms with E-state index in [0.29, 0.717) is 0 Å². The molecular formula is C31H20O11. The number of hydrogen-bond donors (Lipinski definition) is 6. The van der Waals surface area contributed by atoms with Crippen molar-refractivity contribution in [3.63, 3.8) is 0 Å². The molecule has 6 rings (SSSR count). The molecule has 11 heteroatoms. The molecule has 0 aliphatic rings. The summed E-state index contributed by atoms with van der Waals surface area (Å²) in [7, 11) is 1.36.